The molecule has 1 aromatic heterocycles. The van der Waals surface area contributed by atoms with Gasteiger partial charge in [-0.05, 0) is 30.3 Å². The van der Waals surface area contributed by atoms with Gasteiger partial charge in [0.1, 0.15) is 11.6 Å². The normalized spacial score (nSPS) is 15.8. The van der Waals surface area contributed by atoms with Crippen LogP contribution in [-0.4, -0.2) is 14.9 Å². The van der Waals surface area contributed by atoms with Crippen LogP contribution in [0.25, 0.3) is 17.0 Å². The van der Waals surface area contributed by atoms with E-state index >= 15 is 0 Å². The molecule has 0 saturated carbocycles. The van der Waals surface area contributed by atoms with E-state index in [4.69, 9.17) is 0 Å². The molecule has 130 valence electrons. The highest BCUT2D eigenvalue weighted by Gasteiger charge is 2.25. The van der Waals surface area contributed by atoms with Crippen LogP contribution in [0.3, 0.4) is 0 Å². The average Bonchev–Trinajstić information content (AvgIpc) is 3.11. The molecule has 2 heterocycles. The summed E-state index contributed by atoms with van der Waals surface area (Å²) in [5.74, 6) is -0.991. The predicted molar refractivity (Wildman–Crippen MR) is 96.5 cm³/mol. The lowest BCUT2D eigenvalue weighted by Gasteiger charge is -2.07. The van der Waals surface area contributed by atoms with Crippen molar-refractivity contribution in [3.05, 3.63) is 77.1 Å². The minimum atomic E-state index is -0.503. The summed E-state index contributed by atoms with van der Waals surface area (Å²) >= 11 is 0.611. The molecule has 1 N–H and O–H groups in total. The fraction of sp³-hybridized carbons (Fsp3) is 0.0526. The van der Waals surface area contributed by atoms with Crippen LogP contribution in [0.15, 0.2) is 54.4 Å². The zero-order chi connectivity index (χ0) is 18.3. The van der Waals surface area contributed by atoms with Gasteiger partial charge in [0.15, 0.2) is 0 Å². The zero-order valence-corrected chi connectivity index (χ0v) is 14.1. The third-order valence-corrected chi connectivity index (χ3v) is 4.80. The minimum Gasteiger partial charge on any atom is -0.342 e. The fourth-order valence-corrected chi connectivity index (χ4v) is 3.49. The van der Waals surface area contributed by atoms with Crippen LogP contribution in [0.5, 0.6) is 0 Å². The Bertz CT molecular complexity index is 1090. The highest BCUT2D eigenvalue weighted by atomic mass is 32.2. The van der Waals surface area contributed by atoms with Crippen molar-refractivity contribution in [1.82, 2.24) is 9.88 Å². The van der Waals surface area contributed by atoms with E-state index in [2.05, 4.69) is 5.32 Å². The first kappa shape index (κ1) is 16.5. The molecule has 4 nitrogen and oxygen atoms in total. The molecule has 3 aromatic rings. The number of carbonyl (C=O) groups excluding carboxylic acids is 2. The van der Waals surface area contributed by atoms with Gasteiger partial charge >= 0.3 is 0 Å². The fourth-order valence-electron chi connectivity index (χ4n) is 2.95. The Kier molecular flexibility index (Phi) is 4.08. The number of nitrogens with one attached hydrogen (secondary N) is 1. The van der Waals surface area contributed by atoms with Crippen LogP contribution < -0.4 is 5.32 Å². The summed E-state index contributed by atoms with van der Waals surface area (Å²) in [6.45, 7) is 0.141. The molecule has 0 spiro atoms. The quantitative estimate of drug-likeness (QED) is 0.700. The molecule has 1 aliphatic heterocycles. The topological polar surface area (TPSA) is 51.1 Å². The van der Waals surface area contributed by atoms with E-state index in [1.54, 1.807) is 16.8 Å². The molecule has 26 heavy (non-hydrogen) atoms. The van der Waals surface area contributed by atoms with Gasteiger partial charge in [0.2, 0.25) is 5.12 Å². The lowest BCUT2D eigenvalue weighted by atomic mass is 10.1. The van der Waals surface area contributed by atoms with Gasteiger partial charge in [-0.3, -0.25) is 9.59 Å². The molecule has 1 amide bonds. The number of carbonyl (C=O) groups is 2. The maximum atomic E-state index is 14.0. The Balaban J connectivity index is 1.79. The van der Waals surface area contributed by atoms with E-state index in [-0.39, 0.29) is 22.9 Å². The van der Waals surface area contributed by atoms with Crippen molar-refractivity contribution in [1.29, 1.82) is 0 Å². The third-order valence-electron chi connectivity index (χ3n) is 4.11. The van der Waals surface area contributed by atoms with E-state index in [1.807, 2.05) is 24.3 Å². The second-order valence-corrected chi connectivity index (χ2v) is 6.77. The molecule has 0 bridgehead atoms. The van der Waals surface area contributed by atoms with Crippen LogP contribution in [-0.2, 0) is 11.3 Å². The lowest BCUT2D eigenvalue weighted by Crippen LogP contribution is -2.10. The monoisotopic (exact) mass is 370 g/mol. The molecule has 1 fully saturated rings. The number of hydrogen-bond acceptors (Lipinski definition) is 3. The summed E-state index contributed by atoms with van der Waals surface area (Å²) in [7, 11) is 0. The number of amides is 1. The van der Waals surface area contributed by atoms with Gasteiger partial charge in [-0.1, -0.05) is 18.2 Å². The molecule has 4 rings (SSSR count). The summed E-state index contributed by atoms with van der Waals surface area (Å²) < 4.78 is 29.2. The minimum absolute atomic E-state index is 0.141. The highest BCUT2D eigenvalue weighted by Crippen LogP contribution is 2.27. The summed E-state index contributed by atoms with van der Waals surface area (Å²) in [5, 5.41) is 2.60. The standard InChI is InChI=1S/C19H12F2N2O2S/c20-13-5-6-15(21)12(7-13)10-23-9-11(14-3-1-2-4-17(14)23)8-16-18(24)26-19(25)22-16/h1-9H,10H2,(H,22,25). The Morgan fingerprint density at radius 1 is 1.12 bits per heavy atom. The van der Waals surface area contributed by atoms with E-state index < -0.39 is 16.9 Å². The first-order valence-corrected chi connectivity index (χ1v) is 8.59. The first-order valence-electron chi connectivity index (χ1n) is 7.78. The van der Waals surface area contributed by atoms with E-state index in [0.717, 1.165) is 23.0 Å². The second-order valence-electron chi connectivity index (χ2n) is 5.83. The number of aromatic nitrogens is 1. The molecule has 0 radical (unpaired) electrons. The van der Waals surface area contributed by atoms with Gasteiger partial charge in [-0.25, -0.2) is 8.78 Å². The van der Waals surface area contributed by atoms with E-state index in [1.165, 1.54) is 6.07 Å². The summed E-state index contributed by atoms with van der Waals surface area (Å²) in [5.41, 5.74) is 1.96. The van der Waals surface area contributed by atoms with Crippen LogP contribution in [0, 0.1) is 11.6 Å². The van der Waals surface area contributed by atoms with Crippen molar-refractivity contribution in [2.45, 2.75) is 6.54 Å². The molecule has 0 atom stereocenters. The number of para-hydroxylation sites is 1. The second kappa shape index (κ2) is 6.42. The van der Waals surface area contributed by atoms with Crippen LogP contribution in [0.2, 0.25) is 0 Å². The molecule has 0 aliphatic carbocycles. The van der Waals surface area contributed by atoms with Crippen molar-refractivity contribution in [3.63, 3.8) is 0 Å². The molecule has 2 aromatic carbocycles. The molecular weight excluding hydrogens is 358 g/mol. The van der Waals surface area contributed by atoms with Crippen molar-refractivity contribution in [3.8, 4) is 0 Å². The highest BCUT2D eigenvalue weighted by molar-refractivity contribution is 8.27. The van der Waals surface area contributed by atoms with Gasteiger partial charge in [-0.15, -0.1) is 0 Å². The molecule has 0 unspecified atom stereocenters. The molecule has 7 heteroatoms. The van der Waals surface area contributed by atoms with E-state index in [9.17, 15) is 18.4 Å². The lowest BCUT2D eigenvalue weighted by molar-refractivity contribution is -0.107. The zero-order valence-electron chi connectivity index (χ0n) is 13.3. The Hall–Kier alpha value is -2.93. The summed E-state index contributed by atoms with van der Waals surface area (Å²) in [6.07, 6.45) is 3.35. The van der Waals surface area contributed by atoms with Gasteiger partial charge < -0.3 is 9.88 Å². The Morgan fingerprint density at radius 3 is 2.69 bits per heavy atom. The number of thioether (sulfide) groups is 1. The average molecular weight is 370 g/mol. The van der Waals surface area contributed by atoms with Crippen molar-refractivity contribution in [2.24, 2.45) is 0 Å². The first-order chi connectivity index (χ1) is 12.5. The van der Waals surface area contributed by atoms with Crippen LogP contribution in [0.4, 0.5) is 13.6 Å². The SMILES string of the molecule is O=C1NC(=Cc2cn(Cc3cc(F)ccc3F)c3ccccc23)C(=O)S1. The Morgan fingerprint density at radius 2 is 1.92 bits per heavy atom. The molecular formula is C19H12F2N2O2S. The third kappa shape index (κ3) is 3.01. The van der Waals surface area contributed by atoms with Crippen LogP contribution in [0.1, 0.15) is 11.1 Å². The number of nitrogens with zero attached hydrogens (tertiary/aromatic N) is 1. The predicted octanol–water partition coefficient (Wildman–Crippen LogP) is 4.29. The van der Waals surface area contributed by atoms with Gasteiger partial charge in [0, 0.05) is 40.0 Å². The number of benzene rings is 2. The largest absolute Gasteiger partial charge is 0.342 e. The Labute approximate surface area is 151 Å². The van der Waals surface area contributed by atoms with E-state index in [0.29, 0.717) is 17.3 Å². The van der Waals surface area contributed by atoms with Crippen molar-refractivity contribution in [2.75, 3.05) is 0 Å². The maximum absolute atomic E-state index is 14.0. The smallest absolute Gasteiger partial charge is 0.291 e. The molecule has 1 aliphatic rings. The van der Waals surface area contributed by atoms with Crippen LogP contribution >= 0.6 is 11.8 Å². The van der Waals surface area contributed by atoms with Gasteiger partial charge in [0.25, 0.3) is 5.24 Å². The van der Waals surface area contributed by atoms with Crippen molar-refractivity contribution >= 4 is 39.1 Å². The van der Waals surface area contributed by atoms with Gasteiger partial charge in [-0.2, -0.15) is 0 Å². The maximum Gasteiger partial charge on any atom is 0.291 e. The summed E-state index contributed by atoms with van der Waals surface area (Å²) in [6, 6.07) is 10.8. The summed E-state index contributed by atoms with van der Waals surface area (Å²) in [4.78, 5) is 23.2. The van der Waals surface area contributed by atoms with Gasteiger partial charge in [0.05, 0.1) is 12.2 Å². The number of hydrogen-bond donors (Lipinski definition) is 1. The number of rotatable bonds is 3. The number of halogens is 2. The number of fused-ring (bicyclic) bond motifs is 1. The molecule has 1 saturated heterocycles. The van der Waals surface area contributed by atoms with Crippen molar-refractivity contribution < 1.29 is 18.4 Å².